The number of nitrogens with zero attached hydrogens (tertiary/aromatic N) is 2. The molecule has 1 saturated heterocycles. The lowest BCUT2D eigenvalue weighted by Crippen LogP contribution is -2.33. The minimum absolute atomic E-state index is 0.231. The molecule has 2 amide bonds. The molecule has 0 radical (unpaired) electrons. The van der Waals surface area contributed by atoms with Crippen LogP contribution in [-0.4, -0.2) is 43.0 Å². The Labute approximate surface area is 132 Å². The van der Waals surface area contributed by atoms with Crippen molar-refractivity contribution in [2.45, 2.75) is 12.8 Å². The smallest absolute Gasteiger partial charge is 0.264 e. The first kappa shape index (κ1) is 15.8. The summed E-state index contributed by atoms with van der Waals surface area (Å²) in [4.78, 5) is 29.8. The van der Waals surface area contributed by atoms with Gasteiger partial charge in [-0.15, -0.1) is 0 Å². The van der Waals surface area contributed by atoms with Crippen LogP contribution >= 0.6 is 22.9 Å². The van der Waals surface area contributed by atoms with Gasteiger partial charge in [-0.1, -0.05) is 29.5 Å². The van der Waals surface area contributed by atoms with Gasteiger partial charge in [0.2, 0.25) is 5.91 Å². The standard InChI is InChI=1S/C13H17ClN4O2S/c1-2-9(19)15-5-6-16-12(20)10-11(14)17-13(21-10)18-7-3-4-8-18/h2H,1,3-8H2,(H,15,19)(H,16,20). The summed E-state index contributed by atoms with van der Waals surface area (Å²) in [6.45, 7) is 5.92. The van der Waals surface area contributed by atoms with Crippen LogP contribution in [0.4, 0.5) is 5.13 Å². The second-order valence-electron chi connectivity index (χ2n) is 4.56. The molecule has 0 bridgehead atoms. The number of carbonyl (C=O) groups is 2. The quantitative estimate of drug-likeness (QED) is 0.612. The number of aromatic nitrogens is 1. The van der Waals surface area contributed by atoms with Crippen molar-refractivity contribution in [2.75, 3.05) is 31.1 Å². The van der Waals surface area contributed by atoms with Gasteiger partial charge in [0.05, 0.1) is 0 Å². The molecule has 1 aliphatic heterocycles. The van der Waals surface area contributed by atoms with E-state index in [4.69, 9.17) is 11.6 Å². The SMILES string of the molecule is C=CC(=O)NCCNC(=O)c1sc(N2CCCC2)nc1Cl. The first-order valence-electron chi connectivity index (χ1n) is 6.71. The molecule has 1 aromatic heterocycles. The molecule has 0 aliphatic carbocycles. The Balaban J connectivity index is 1.87. The van der Waals surface area contributed by atoms with Gasteiger partial charge in [-0.25, -0.2) is 4.98 Å². The molecule has 21 heavy (non-hydrogen) atoms. The highest BCUT2D eigenvalue weighted by Crippen LogP contribution is 2.31. The van der Waals surface area contributed by atoms with E-state index in [-0.39, 0.29) is 17.0 Å². The first-order valence-corrected chi connectivity index (χ1v) is 7.91. The van der Waals surface area contributed by atoms with Gasteiger partial charge in [-0.2, -0.15) is 0 Å². The Morgan fingerprint density at radius 3 is 2.67 bits per heavy atom. The van der Waals surface area contributed by atoms with Crippen molar-refractivity contribution in [1.29, 1.82) is 0 Å². The summed E-state index contributed by atoms with van der Waals surface area (Å²) in [6, 6.07) is 0. The number of halogens is 1. The van der Waals surface area contributed by atoms with Gasteiger partial charge in [0, 0.05) is 26.2 Å². The van der Waals surface area contributed by atoms with Crippen LogP contribution in [0.25, 0.3) is 0 Å². The van der Waals surface area contributed by atoms with E-state index in [1.54, 1.807) is 0 Å². The van der Waals surface area contributed by atoms with E-state index < -0.39 is 0 Å². The van der Waals surface area contributed by atoms with E-state index in [0.717, 1.165) is 31.1 Å². The predicted octanol–water partition coefficient (Wildman–Crippen LogP) is 1.43. The van der Waals surface area contributed by atoms with Crippen molar-refractivity contribution >= 4 is 39.9 Å². The summed E-state index contributed by atoms with van der Waals surface area (Å²) in [5.41, 5.74) is 0. The molecule has 1 fully saturated rings. The number of carbonyl (C=O) groups excluding carboxylic acids is 2. The maximum absolute atomic E-state index is 12.0. The van der Waals surface area contributed by atoms with Crippen LogP contribution in [-0.2, 0) is 4.79 Å². The van der Waals surface area contributed by atoms with Gasteiger partial charge < -0.3 is 15.5 Å². The Morgan fingerprint density at radius 2 is 2.00 bits per heavy atom. The van der Waals surface area contributed by atoms with Gasteiger partial charge in [0.1, 0.15) is 4.88 Å². The number of hydrogen-bond donors (Lipinski definition) is 2. The van der Waals surface area contributed by atoms with Gasteiger partial charge in [0.15, 0.2) is 10.3 Å². The van der Waals surface area contributed by atoms with E-state index in [2.05, 4.69) is 27.1 Å². The van der Waals surface area contributed by atoms with Crippen molar-refractivity contribution in [2.24, 2.45) is 0 Å². The van der Waals surface area contributed by atoms with Crippen molar-refractivity contribution in [3.05, 3.63) is 22.7 Å². The molecule has 2 N–H and O–H groups in total. The third kappa shape index (κ3) is 4.18. The van der Waals surface area contributed by atoms with E-state index in [0.29, 0.717) is 18.0 Å². The van der Waals surface area contributed by atoms with Crippen LogP contribution in [0.2, 0.25) is 5.15 Å². The molecule has 2 heterocycles. The Kier molecular flexibility index (Phi) is 5.58. The fraction of sp³-hybridized carbons (Fsp3) is 0.462. The molecule has 0 aromatic carbocycles. The lowest BCUT2D eigenvalue weighted by Gasteiger charge is -2.11. The van der Waals surface area contributed by atoms with Crippen LogP contribution in [0.1, 0.15) is 22.5 Å². The van der Waals surface area contributed by atoms with E-state index in [9.17, 15) is 9.59 Å². The Hall–Kier alpha value is -1.60. The zero-order chi connectivity index (χ0) is 15.2. The zero-order valence-corrected chi connectivity index (χ0v) is 13.1. The molecule has 114 valence electrons. The molecule has 0 unspecified atom stereocenters. The molecular formula is C13H17ClN4O2S. The number of anilines is 1. The summed E-state index contributed by atoms with van der Waals surface area (Å²) < 4.78 is 0. The third-order valence-electron chi connectivity index (χ3n) is 3.05. The number of rotatable bonds is 6. The number of thiazole rings is 1. The molecular weight excluding hydrogens is 312 g/mol. The maximum Gasteiger partial charge on any atom is 0.264 e. The summed E-state index contributed by atoms with van der Waals surface area (Å²) in [5.74, 6) is -0.535. The lowest BCUT2D eigenvalue weighted by atomic mass is 10.4. The highest BCUT2D eigenvalue weighted by molar-refractivity contribution is 7.18. The van der Waals surface area contributed by atoms with Gasteiger partial charge in [-0.3, -0.25) is 9.59 Å². The fourth-order valence-corrected chi connectivity index (χ4v) is 3.25. The maximum atomic E-state index is 12.0. The van der Waals surface area contributed by atoms with Crippen LogP contribution in [0, 0.1) is 0 Å². The molecule has 8 heteroatoms. The topological polar surface area (TPSA) is 74.3 Å². The second kappa shape index (κ2) is 7.42. The molecule has 0 atom stereocenters. The summed E-state index contributed by atoms with van der Waals surface area (Å²) in [7, 11) is 0. The third-order valence-corrected chi connectivity index (χ3v) is 4.55. The fourth-order valence-electron chi connectivity index (χ4n) is 1.99. The normalized spacial score (nSPS) is 14.0. The van der Waals surface area contributed by atoms with E-state index in [1.807, 2.05) is 0 Å². The van der Waals surface area contributed by atoms with Crippen molar-refractivity contribution < 1.29 is 9.59 Å². The zero-order valence-electron chi connectivity index (χ0n) is 11.5. The Bertz CT molecular complexity index is 540. The molecule has 0 saturated carbocycles. The van der Waals surface area contributed by atoms with Gasteiger partial charge in [0.25, 0.3) is 5.91 Å². The van der Waals surface area contributed by atoms with Crippen molar-refractivity contribution in [3.8, 4) is 0 Å². The minimum Gasteiger partial charge on any atom is -0.351 e. The van der Waals surface area contributed by atoms with Crippen LogP contribution in [0.5, 0.6) is 0 Å². The number of nitrogens with one attached hydrogen (secondary N) is 2. The van der Waals surface area contributed by atoms with Crippen LogP contribution in [0.15, 0.2) is 12.7 Å². The van der Waals surface area contributed by atoms with Crippen molar-refractivity contribution in [1.82, 2.24) is 15.6 Å². The predicted molar refractivity (Wildman–Crippen MR) is 84.1 cm³/mol. The van der Waals surface area contributed by atoms with Crippen molar-refractivity contribution in [3.63, 3.8) is 0 Å². The van der Waals surface area contributed by atoms with Gasteiger partial charge in [-0.05, 0) is 18.9 Å². The summed E-state index contributed by atoms with van der Waals surface area (Å²) >= 11 is 7.33. The molecule has 2 rings (SSSR count). The van der Waals surface area contributed by atoms with Gasteiger partial charge >= 0.3 is 0 Å². The molecule has 0 spiro atoms. The first-order chi connectivity index (χ1) is 10.1. The summed E-state index contributed by atoms with van der Waals surface area (Å²) in [6.07, 6.45) is 3.47. The van der Waals surface area contributed by atoms with Crippen LogP contribution in [0.3, 0.4) is 0 Å². The average molecular weight is 329 g/mol. The summed E-state index contributed by atoms with van der Waals surface area (Å²) in [5, 5.41) is 6.31. The monoisotopic (exact) mass is 328 g/mol. The average Bonchev–Trinajstić information content (AvgIpc) is 3.12. The van der Waals surface area contributed by atoms with E-state index >= 15 is 0 Å². The molecule has 1 aromatic rings. The minimum atomic E-state index is -0.268. The lowest BCUT2D eigenvalue weighted by molar-refractivity contribution is -0.116. The molecule has 6 nitrogen and oxygen atoms in total. The molecule has 1 aliphatic rings. The van der Waals surface area contributed by atoms with Crippen LogP contribution < -0.4 is 15.5 Å². The second-order valence-corrected chi connectivity index (χ2v) is 5.90. The Morgan fingerprint density at radius 1 is 1.33 bits per heavy atom. The highest BCUT2D eigenvalue weighted by Gasteiger charge is 2.21. The number of amides is 2. The number of hydrogen-bond acceptors (Lipinski definition) is 5. The van der Waals surface area contributed by atoms with E-state index in [1.165, 1.54) is 17.4 Å². The highest BCUT2D eigenvalue weighted by atomic mass is 35.5. The largest absolute Gasteiger partial charge is 0.351 e.